The van der Waals surface area contributed by atoms with Crippen LogP contribution in [0.5, 0.6) is 0 Å². The standard InChI is InChI=1S/C32H30O5/c1-20-7-6-10-25(17-20)21(2)28(33)16-15-26-27-18-31(34)36-30(27)19-29(26)37-32(35)24-13-11-23(12-14-24)22-8-4-3-5-9-22/h3-17,21,26-27,29-30H,18-19H2,1-2H3/b16-15+/t21?,26-,27-,29-,30+/m1/s1. The highest BCUT2D eigenvalue weighted by Gasteiger charge is 2.50. The summed E-state index contributed by atoms with van der Waals surface area (Å²) >= 11 is 0. The zero-order valence-electron chi connectivity index (χ0n) is 21.0. The van der Waals surface area contributed by atoms with Gasteiger partial charge in [-0.05, 0) is 41.8 Å². The van der Waals surface area contributed by atoms with Crippen LogP contribution in [0, 0.1) is 18.8 Å². The van der Waals surface area contributed by atoms with Gasteiger partial charge in [0.05, 0.1) is 12.0 Å². The van der Waals surface area contributed by atoms with E-state index in [1.165, 1.54) is 0 Å². The van der Waals surface area contributed by atoms with Crippen LogP contribution in [-0.4, -0.2) is 29.9 Å². The molecule has 5 nitrogen and oxygen atoms in total. The average Bonchev–Trinajstić information content (AvgIpc) is 3.42. The number of aryl methyl sites for hydroxylation is 1. The van der Waals surface area contributed by atoms with Crippen LogP contribution in [0.25, 0.3) is 11.1 Å². The van der Waals surface area contributed by atoms with Crippen molar-refractivity contribution in [3.8, 4) is 11.1 Å². The second-order valence-electron chi connectivity index (χ2n) is 9.99. The highest BCUT2D eigenvalue weighted by molar-refractivity contribution is 5.95. The number of ketones is 1. The molecule has 3 aromatic rings. The number of allylic oxidation sites excluding steroid dienone is 1. The molecule has 1 aliphatic carbocycles. The first-order chi connectivity index (χ1) is 17.9. The second-order valence-corrected chi connectivity index (χ2v) is 9.99. The Bertz CT molecular complexity index is 1320. The fourth-order valence-corrected chi connectivity index (χ4v) is 5.38. The van der Waals surface area contributed by atoms with E-state index >= 15 is 0 Å². The lowest BCUT2D eigenvalue weighted by molar-refractivity contribution is -0.141. The lowest BCUT2D eigenvalue weighted by Gasteiger charge is -2.20. The van der Waals surface area contributed by atoms with Gasteiger partial charge in [-0.25, -0.2) is 4.79 Å². The molecular formula is C32H30O5. The van der Waals surface area contributed by atoms with Gasteiger partial charge in [-0.2, -0.15) is 0 Å². The summed E-state index contributed by atoms with van der Waals surface area (Å²) in [4.78, 5) is 37.9. The molecule has 1 saturated carbocycles. The Morgan fingerprint density at radius 1 is 0.973 bits per heavy atom. The summed E-state index contributed by atoms with van der Waals surface area (Å²) in [6, 6.07) is 25.2. The first-order valence-corrected chi connectivity index (χ1v) is 12.7. The first kappa shape index (κ1) is 24.7. The Kier molecular flexibility index (Phi) is 7.04. The number of rotatable bonds is 7. The maximum atomic E-state index is 13.0. The molecule has 0 N–H and O–H groups in total. The molecule has 37 heavy (non-hydrogen) atoms. The number of fused-ring (bicyclic) bond motifs is 1. The smallest absolute Gasteiger partial charge is 0.338 e. The van der Waals surface area contributed by atoms with Crippen molar-refractivity contribution in [2.75, 3.05) is 0 Å². The summed E-state index contributed by atoms with van der Waals surface area (Å²) in [5.41, 5.74) is 4.61. The summed E-state index contributed by atoms with van der Waals surface area (Å²) in [5.74, 6) is -1.36. The molecule has 2 aliphatic rings. The maximum Gasteiger partial charge on any atom is 0.338 e. The van der Waals surface area contributed by atoms with Crippen molar-refractivity contribution in [2.45, 2.75) is 44.8 Å². The molecule has 1 heterocycles. The lowest BCUT2D eigenvalue weighted by atomic mass is 9.89. The van der Waals surface area contributed by atoms with E-state index in [1.807, 2.05) is 86.7 Å². The van der Waals surface area contributed by atoms with Crippen molar-refractivity contribution in [3.63, 3.8) is 0 Å². The van der Waals surface area contributed by atoms with Gasteiger partial charge in [0.15, 0.2) is 5.78 Å². The van der Waals surface area contributed by atoms with Crippen LogP contribution >= 0.6 is 0 Å². The Hall–Kier alpha value is -3.99. The molecule has 5 rings (SSSR count). The van der Waals surface area contributed by atoms with Gasteiger partial charge in [-0.1, -0.05) is 85.3 Å². The van der Waals surface area contributed by atoms with Crippen LogP contribution in [0.1, 0.15) is 47.2 Å². The number of hydrogen-bond donors (Lipinski definition) is 0. The summed E-state index contributed by atoms with van der Waals surface area (Å²) in [5, 5.41) is 0. The minimum Gasteiger partial charge on any atom is -0.462 e. The SMILES string of the molecule is Cc1cccc(C(C)C(=O)/C=C/[C@@H]2[C@H]3CC(=O)O[C@H]3C[C@H]2OC(=O)c2ccc(-c3ccccc3)cc2)c1. The Balaban J connectivity index is 1.30. The Morgan fingerprint density at radius 3 is 2.43 bits per heavy atom. The van der Waals surface area contributed by atoms with E-state index in [0.717, 1.165) is 22.3 Å². The van der Waals surface area contributed by atoms with E-state index < -0.39 is 12.1 Å². The van der Waals surface area contributed by atoms with E-state index in [4.69, 9.17) is 9.47 Å². The summed E-state index contributed by atoms with van der Waals surface area (Å²) in [7, 11) is 0. The summed E-state index contributed by atoms with van der Waals surface area (Å²) in [6.45, 7) is 3.89. The van der Waals surface area contributed by atoms with Crippen molar-refractivity contribution in [1.29, 1.82) is 0 Å². The third kappa shape index (κ3) is 5.41. The zero-order chi connectivity index (χ0) is 25.9. The molecule has 5 heteroatoms. The van der Waals surface area contributed by atoms with Crippen LogP contribution in [0.15, 0.2) is 91.0 Å². The van der Waals surface area contributed by atoms with Gasteiger partial charge >= 0.3 is 11.9 Å². The molecule has 0 amide bonds. The summed E-state index contributed by atoms with van der Waals surface area (Å²) < 4.78 is 11.4. The number of carbonyl (C=O) groups excluding carboxylic acids is 3. The predicted octanol–water partition coefficient (Wildman–Crippen LogP) is 6.07. The fraction of sp³-hybridized carbons (Fsp3) is 0.281. The van der Waals surface area contributed by atoms with Crippen molar-refractivity contribution < 1.29 is 23.9 Å². The highest BCUT2D eigenvalue weighted by atomic mass is 16.6. The average molecular weight is 495 g/mol. The molecule has 1 unspecified atom stereocenters. The van der Waals surface area contributed by atoms with Gasteiger partial charge in [0, 0.05) is 24.2 Å². The van der Waals surface area contributed by atoms with E-state index in [-0.39, 0.29) is 42.0 Å². The molecule has 2 fully saturated rings. The van der Waals surface area contributed by atoms with Crippen molar-refractivity contribution in [1.82, 2.24) is 0 Å². The van der Waals surface area contributed by atoms with Crippen molar-refractivity contribution in [3.05, 3.63) is 108 Å². The molecule has 188 valence electrons. The molecule has 1 saturated heterocycles. The molecule has 0 radical (unpaired) electrons. The second kappa shape index (κ2) is 10.6. The van der Waals surface area contributed by atoms with Crippen LogP contribution in [0.4, 0.5) is 0 Å². The largest absolute Gasteiger partial charge is 0.462 e. The van der Waals surface area contributed by atoms with Crippen molar-refractivity contribution >= 4 is 17.7 Å². The van der Waals surface area contributed by atoms with E-state index in [0.29, 0.717) is 12.0 Å². The van der Waals surface area contributed by atoms with Gasteiger partial charge < -0.3 is 9.47 Å². The fourth-order valence-electron chi connectivity index (χ4n) is 5.38. The summed E-state index contributed by atoms with van der Waals surface area (Å²) in [6.07, 6.45) is 3.32. The topological polar surface area (TPSA) is 69.7 Å². The first-order valence-electron chi connectivity index (χ1n) is 12.7. The van der Waals surface area contributed by atoms with Gasteiger partial charge in [-0.15, -0.1) is 0 Å². The molecule has 1 aliphatic heterocycles. The van der Waals surface area contributed by atoms with Gasteiger partial charge in [-0.3, -0.25) is 9.59 Å². The predicted molar refractivity (Wildman–Crippen MR) is 141 cm³/mol. The molecule has 3 aromatic carbocycles. The maximum absolute atomic E-state index is 13.0. The van der Waals surface area contributed by atoms with Crippen LogP contribution in [0.2, 0.25) is 0 Å². The van der Waals surface area contributed by atoms with E-state index in [1.54, 1.807) is 18.2 Å². The van der Waals surface area contributed by atoms with Gasteiger partial charge in [0.25, 0.3) is 0 Å². The number of esters is 2. The third-order valence-corrected chi connectivity index (χ3v) is 7.49. The van der Waals surface area contributed by atoms with Crippen LogP contribution < -0.4 is 0 Å². The van der Waals surface area contributed by atoms with Crippen molar-refractivity contribution in [2.24, 2.45) is 11.8 Å². The quantitative estimate of drug-likeness (QED) is 0.295. The van der Waals surface area contributed by atoms with Crippen LogP contribution in [-0.2, 0) is 19.1 Å². The van der Waals surface area contributed by atoms with E-state index in [9.17, 15) is 14.4 Å². The Morgan fingerprint density at radius 2 is 1.70 bits per heavy atom. The normalized spacial score (nSPS) is 23.5. The number of ether oxygens (including phenoxy) is 2. The molecule has 5 atom stereocenters. The number of hydrogen-bond acceptors (Lipinski definition) is 5. The Labute approximate surface area is 217 Å². The van der Waals surface area contributed by atoms with Gasteiger partial charge in [0.1, 0.15) is 12.2 Å². The number of carbonyl (C=O) groups is 3. The number of benzene rings is 3. The lowest BCUT2D eigenvalue weighted by Crippen LogP contribution is -2.25. The van der Waals surface area contributed by atoms with Crippen LogP contribution in [0.3, 0.4) is 0 Å². The van der Waals surface area contributed by atoms with E-state index in [2.05, 4.69) is 0 Å². The highest BCUT2D eigenvalue weighted by Crippen LogP contribution is 2.44. The minimum atomic E-state index is -0.470. The monoisotopic (exact) mass is 494 g/mol. The molecule has 0 spiro atoms. The van der Waals surface area contributed by atoms with Gasteiger partial charge in [0.2, 0.25) is 0 Å². The molecular weight excluding hydrogens is 464 g/mol. The molecule has 0 bridgehead atoms. The zero-order valence-corrected chi connectivity index (χ0v) is 21.0. The minimum absolute atomic E-state index is 0.0270. The third-order valence-electron chi connectivity index (χ3n) is 7.49. The molecule has 0 aromatic heterocycles.